The number of aryl methyl sites for hydroxylation is 1. The third-order valence-electron chi connectivity index (χ3n) is 7.90. The van der Waals surface area contributed by atoms with Crippen molar-refractivity contribution < 1.29 is 23.8 Å². The number of ketones is 1. The fourth-order valence-electron chi connectivity index (χ4n) is 5.05. The minimum absolute atomic E-state index is 0.0114. The van der Waals surface area contributed by atoms with Crippen LogP contribution in [0.3, 0.4) is 0 Å². The summed E-state index contributed by atoms with van der Waals surface area (Å²) in [6.45, 7) is 17.6. The van der Waals surface area contributed by atoms with Crippen molar-refractivity contribution >= 4 is 17.8 Å². The van der Waals surface area contributed by atoms with Gasteiger partial charge in [-0.2, -0.15) is 0 Å². The van der Waals surface area contributed by atoms with E-state index in [0.29, 0.717) is 17.5 Å². The van der Waals surface area contributed by atoms with Gasteiger partial charge in [0.05, 0.1) is 17.9 Å². The zero-order valence-electron chi connectivity index (χ0n) is 23.1. The first-order valence-corrected chi connectivity index (χ1v) is 12.9. The maximum atomic E-state index is 13.4. The number of aromatic nitrogens is 1. The van der Waals surface area contributed by atoms with E-state index < -0.39 is 23.6 Å². The van der Waals surface area contributed by atoms with Gasteiger partial charge in [0.2, 0.25) is 0 Å². The number of carbonyl (C=O) groups excluding carboxylic acids is 2. The second-order valence-corrected chi connectivity index (χ2v) is 11.3. The highest BCUT2D eigenvalue weighted by Gasteiger charge is 2.41. The van der Waals surface area contributed by atoms with E-state index in [4.69, 9.17) is 9.15 Å². The molecule has 0 saturated carbocycles. The molecule has 1 aliphatic rings. The molecule has 0 bridgehead atoms. The third-order valence-corrected chi connectivity index (χ3v) is 7.90. The number of Topliss-reactive ketones (excluding diaryl/α,β-unsaturated/α-hetero) is 1. The van der Waals surface area contributed by atoms with Crippen molar-refractivity contribution in [2.24, 2.45) is 29.1 Å². The number of oxazole rings is 1. The summed E-state index contributed by atoms with van der Waals surface area (Å²) >= 11 is 0. The van der Waals surface area contributed by atoms with Gasteiger partial charge in [-0.05, 0) is 50.2 Å². The summed E-state index contributed by atoms with van der Waals surface area (Å²) in [5.41, 5.74) is 1.70. The molecule has 6 atom stereocenters. The lowest BCUT2D eigenvalue weighted by Crippen LogP contribution is -2.44. The molecule has 6 heteroatoms. The van der Waals surface area contributed by atoms with Gasteiger partial charge in [0.15, 0.2) is 5.89 Å². The summed E-state index contributed by atoms with van der Waals surface area (Å²) in [6, 6.07) is 0. The van der Waals surface area contributed by atoms with Crippen LogP contribution in [0.4, 0.5) is 0 Å². The Labute approximate surface area is 211 Å². The Morgan fingerprint density at radius 1 is 1.17 bits per heavy atom. The number of rotatable bonds is 2. The summed E-state index contributed by atoms with van der Waals surface area (Å²) in [7, 11) is 0. The van der Waals surface area contributed by atoms with E-state index in [1.807, 2.05) is 26.8 Å². The van der Waals surface area contributed by atoms with Crippen LogP contribution < -0.4 is 0 Å². The molecule has 2 rings (SSSR count). The van der Waals surface area contributed by atoms with E-state index >= 15 is 0 Å². The minimum Gasteiger partial charge on any atom is -0.457 e. The second-order valence-electron chi connectivity index (χ2n) is 11.3. The molecule has 1 aromatic heterocycles. The number of allylic oxidation sites excluding steroid dienone is 1. The summed E-state index contributed by atoms with van der Waals surface area (Å²) < 4.78 is 11.2. The van der Waals surface area contributed by atoms with Crippen molar-refractivity contribution in [1.82, 2.24) is 4.98 Å². The fraction of sp³-hybridized carbons (Fsp3) is 0.690. The number of hydrogen-bond donors (Lipinski definition) is 1. The van der Waals surface area contributed by atoms with Crippen molar-refractivity contribution in [3.63, 3.8) is 0 Å². The van der Waals surface area contributed by atoms with Gasteiger partial charge in [0, 0.05) is 18.8 Å². The van der Waals surface area contributed by atoms with E-state index in [9.17, 15) is 14.7 Å². The van der Waals surface area contributed by atoms with Crippen molar-refractivity contribution in [1.29, 1.82) is 0 Å². The number of nitrogens with zero attached hydrogens (tertiary/aromatic N) is 1. The number of esters is 1. The monoisotopic (exact) mass is 487 g/mol. The lowest BCUT2D eigenvalue weighted by atomic mass is 9.70. The normalized spacial score (nSPS) is 33.7. The predicted octanol–water partition coefficient (Wildman–Crippen LogP) is 6.32. The highest BCUT2D eigenvalue weighted by Crippen LogP contribution is 2.35. The molecule has 0 radical (unpaired) electrons. The van der Waals surface area contributed by atoms with E-state index in [2.05, 4.69) is 31.8 Å². The Kier molecular flexibility index (Phi) is 10.1. The molecule has 1 N–H and O–H groups in total. The van der Waals surface area contributed by atoms with Crippen LogP contribution in [-0.4, -0.2) is 34.1 Å². The van der Waals surface area contributed by atoms with Crippen LogP contribution in [0, 0.1) is 36.0 Å². The smallest absolute Gasteiger partial charge is 0.309 e. The Bertz CT molecular complexity index is 941. The highest BCUT2D eigenvalue weighted by atomic mass is 16.5. The van der Waals surface area contributed by atoms with Gasteiger partial charge in [0.25, 0.3) is 0 Å². The summed E-state index contributed by atoms with van der Waals surface area (Å²) in [6.07, 6.45) is 6.74. The van der Waals surface area contributed by atoms with E-state index in [-0.39, 0.29) is 30.0 Å². The zero-order chi connectivity index (χ0) is 26.5. The quantitative estimate of drug-likeness (QED) is 0.388. The molecular formula is C29H45NO5. The number of hydrogen-bond acceptors (Lipinski definition) is 6. The molecule has 0 aliphatic carbocycles. The second kappa shape index (κ2) is 12.2. The lowest BCUT2D eigenvalue weighted by molar-refractivity contribution is -0.154. The molecule has 0 spiro atoms. The van der Waals surface area contributed by atoms with Gasteiger partial charge in [-0.3, -0.25) is 9.59 Å². The van der Waals surface area contributed by atoms with Crippen molar-refractivity contribution in [2.75, 3.05) is 0 Å². The molecule has 2 heterocycles. The maximum absolute atomic E-state index is 13.4. The van der Waals surface area contributed by atoms with Gasteiger partial charge in [-0.1, -0.05) is 59.6 Å². The highest BCUT2D eigenvalue weighted by molar-refractivity contribution is 5.87. The van der Waals surface area contributed by atoms with Crippen LogP contribution in [-0.2, 0) is 14.3 Å². The van der Waals surface area contributed by atoms with Gasteiger partial charge in [0.1, 0.15) is 23.8 Å². The molecule has 35 heavy (non-hydrogen) atoms. The average Bonchev–Trinajstić information content (AvgIpc) is 3.19. The number of cyclic esters (lactones) is 1. The van der Waals surface area contributed by atoms with Crippen LogP contribution in [0.1, 0.15) is 92.7 Å². The Morgan fingerprint density at radius 2 is 1.83 bits per heavy atom. The Hall–Kier alpha value is -2.21. The van der Waals surface area contributed by atoms with Gasteiger partial charge >= 0.3 is 5.97 Å². The molecule has 6 nitrogen and oxygen atoms in total. The molecular weight excluding hydrogens is 442 g/mol. The SMILES string of the molecule is C/C1=C/[C@H](C)[C@@H](/C(C)=C/c2coc(C)n2)OC(=O)C[C@H](O)C(C)(C)C(=O)[C@H](C)[C@@H](C)[C@@H](C)CCC1. The topological polar surface area (TPSA) is 89.6 Å². The molecule has 0 saturated heterocycles. The predicted molar refractivity (Wildman–Crippen MR) is 138 cm³/mol. The molecule has 196 valence electrons. The van der Waals surface area contributed by atoms with Crippen LogP contribution in [0.5, 0.6) is 0 Å². The van der Waals surface area contributed by atoms with E-state index in [1.165, 1.54) is 5.57 Å². The number of ether oxygens (including phenoxy) is 1. The summed E-state index contributed by atoms with van der Waals surface area (Å²) in [4.78, 5) is 30.7. The van der Waals surface area contributed by atoms with Crippen molar-refractivity contribution in [3.05, 3.63) is 35.1 Å². The first-order chi connectivity index (χ1) is 16.2. The van der Waals surface area contributed by atoms with Crippen LogP contribution in [0.15, 0.2) is 27.9 Å². The largest absolute Gasteiger partial charge is 0.457 e. The number of aliphatic hydroxyl groups is 1. The first-order valence-electron chi connectivity index (χ1n) is 12.9. The van der Waals surface area contributed by atoms with Gasteiger partial charge < -0.3 is 14.3 Å². The Balaban J connectivity index is 2.40. The fourth-order valence-corrected chi connectivity index (χ4v) is 5.05. The summed E-state index contributed by atoms with van der Waals surface area (Å²) in [5.74, 6) is 0.325. The van der Waals surface area contributed by atoms with Crippen LogP contribution >= 0.6 is 0 Å². The average molecular weight is 488 g/mol. The maximum Gasteiger partial charge on any atom is 0.309 e. The molecule has 0 aromatic carbocycles. The molecule has 0 unspecified atom stereocenters. The van der Waals surface area contributed by atoms with Crippen LogP contribution in [0.25, 0.3) is 6.08 Å². The molecule has 1 aromatic rings. The van der Waals surface area contributed by atoms with Crippen molar-refractivity contribution in [3.8, 4) is 0 Å². The standard InChI is InChI=1S/C29H45NO5/c1-17-11-10-12-18(2)21(5)22(6)28(33)29(8,9)25(31)15-26(32)35-27(19(3)13-17)20(4)14-24-16-34-23(7)30-24/h13-14,16,18-19,21-22,25,27,31H,10-12,15H2,1-9H3/b17-13-,20-14+/t18-,19-,21-,22+,25-,27-/m0/s1. The lowest BCUT2D eigenvalue weighted by Gasteiger charge is -2.35. The number of carbonyl (C=O) groups is 2. The third kappa shape index (κ3) is 7.63. The Morgan fingerprint density at radius 3 is 2.43 bits per heavy atom. The molecule has 0 amide bonds. The van der Waals surface area contributed by atoms with Crippen molar-refractivity contribution in [2.45, 2.75) is 100 Å². The molecule has 0 fully saturated rings. The minimum atomic E-state index is -1.13. The van der Waals surface area contributed by atoms with Crippen LogP contribution in [0.2, 0.25) is 0 Å². The number of aliphatic hydroxyl groups excluding tert-OH is 1. The van der Waals surface area contributed by atoms with Gasteiger partial charge in [-0.25, -0.2) is 4.98 Å². The summed E-state index contributed by atoms with van der Waals surface area (Å²) in [5, 5.41) is 11.0. The van der Waals surface area contributed by atoms with E-state index in [1.54, 1.807) is 27.0 Å². The van der Waals surface area contributed by atoms with Gasteiger partial charge in [-0.15, -0.1) is 0 Å². The first kappa shape index (κ1) is 29.0. The van der Waals surface area contributed by atoms with E-state index in [0.717, 1.165) is 24.8 Å². The zero-order valence-corrected chi connectivity index (χ0v) is 23.1. The molecule has 1 aliphatic heterocycles.